The number of hydrogen-bond acceptors (Lipinski definition) is 3. The molecule has 1 fully saturated rings. The predicted molar refractivity (Wildman–Crippen MR) is 139 cm³/mol. The first-order valence-corrected chi connectivity index (χ1v) is 14.9. The Morgan fingerprint density at radius 3 is 2.34 bits per heavy atom. The Morgan fingerprint density at radius 1 is 1.16 bits per heavy atom. The number of benzene rings is 2. The van der Waals surface area contributed by atoms with E-state index >= 15 is 0 Å². The molecule has 1 heterocycles. The van der Waals surface area contributed by atoms with Crippen molar-refractivity contribution in [2.45, 2.75) is 6.54 Å². The van der Waals surface area contributed by atoms with E-state index in [9.17, 15) is 4.79 Å². The summed E-state index contributed by atoms with van der Waals surface area (Å²) in [6, 6.07) is 14.6. The average Bonchev–Trinajstić information content (AvgIpc) is 2.78. The van der Waals surface area contributed by atoms with E-state index in [0.29, 0.717) is 19.9 Å². The van der Waals surface area contributed by atoms with E-state index in [1.54, 1.807) is 38.1 Å². The van der Waals surface area contributed by atoms with Crippen molar-refractivity contribution in [2.75, 3.05) is 53.6 Å². The number of methoxy groups -OCH3 is 1. The Balaban J connectivity index is 1.77. The van der Waals surface area contributed by atoms with Crippen molar-refractivity contribution in [3.8, 4) is 5.75 Å². The molecule has 0 spiro atoms. The molecule has 0 N–H and O–H groups in total. The van der Waals surface area contributed by atoms with Gasteiger partial charge in [0.05, 0.1) is 0 Å². The fourth-order valence-corrected chi connectivity index (χ4v) is 8.49. The first-order chi connectivity index (χ1) is 15.2. The molecule has 9 heteroatoms. The third-order valence-electron chi connectivity index (χ3n) is 5.33. The van der Waals surface area contributed by atoms with E-state index in [2.05, 4.69) is 44.0 Å². The molecule has 174 valence electrons. The number of hydrogen-bond donors (Lipinski definition) is 0. The summed E-state index contributed by atoms with van der Waals surface area (Å²) < 4.78 is 7.87. The fraction of sp³-hybridized carbons (Fsp3) is 0.391. The van der Waals surface area contributed by atoms with E-state index in [1.807, 2.05) is 25.2 Å². The number of nitrogens with zero attached hydrogens (tertiary/aromatic N) is 5. The van der Waals surface area contributed by atoms with Crippen LogP contribution in [0.5, 0.6) is 5.75 Å². The minimum absolute atomic E-state index is 0.0137. The van der Waals surface area contributed by atoms with Gasteiger partial charge in [0, 0.05) is 0 Å². The van der Waals surface area contributed by atoms with Crippen molar-refractivity contribution in [3.05, 3.63) is 60.2 Å². The maximum atomic E-state index is 12.1. The second-order valence-corrected chi connectivity index (χ2v) is 13.3. The van der Waals surface area contributed by atoms with Gasteiger partial charge in [0.1, 0.15) is 0 Å². The fourth-order valence-electron chi connectivity index (χ4n) is 3.73. The second kappa shape index (κ2) is 10.6. The summed E-state index contributed by atoms with van der Waals surface area (Å²) in [6.45, 7) is 1.71. The number of urea groups is 1. The number of alkyl halides is 1. The monoisotopic (exact) mass is 571 g/mol. The van der Waals surface area contributed by atoms with Crippen LogP contribution < -0.4 is 4.74 Å². The van der Waals surface area contributed by atoms with Crippen LogP contribution in [0.2, 0.25) is 5.02 Å². The molecule has 1 aliphatic heterocycles. The second-order valence-electron chi connectivity index (χ2n) is 7.76. The van der Waals surface area contributed by atoms with Gasteiger partial charge in [-0.2, -0.15) is 0 Å². The van der Waals surface area contributed by atoms with E-state index in [1.165, 1.54) is 12.7 Å². The van der Waals surface area contributed by atoms with Gasteiger partial charge in [0.15, 0.2) is 0 Å². The normalized spacial score (nSPS) is 15.2. The zero-order chi connectivity index (χ0) is 23.4. The Morgan fingerprint density at radius 2 is 1.78 bits per heavy atom. The molecule has 0 bridgehead atoms. The molecule has 1 aliphatic rings. The van der Waals surface area contributed by atoms with Gasteiger partial charge in [-0.25, -0.2) is 0 Å². The van der Waals surface area contributed by atoms with Crippen molar-refractivity contribution in [3.63, 3.8) is 0 Å². The number of rotatable bonds is 5. The predicted octanol–water partition coefficient (Wildman–Crippen LogP) is 4.16. The van der Waals surface area contributed by atoms with Gasteiger partial charge in [-0.1, -0.05) is 0 Å². The molecule has 7 nitrogen and oxygen atoms in total. The van der Waals surface area contributed by atoms with Crippen LogP contribution in [0.1, 0.15) is 5.56 Å². The van der Waals surface area contributed by atoms with Crippen LogP contribution in [-0.4, -0.2) is 85.2 Å². The number of aliphatic imine (C=N–C) groups is 1. The van der Waals surface area contributed by atoms with Crippen LogP contribution in [0.4, 0.5) is 4.79 Å². The molecular weight excluding hydrogens is 541 g/mol. The standard InChI is InChI=1S/C23H31ClIN5O2/c1-25(18-8-10-19(32-6)11-9-18)21-13-17(7-12-20(21)24)14-27(3)22(26-2)30-15-28(4)23(31)29(5)16-30/h7-13H,14-16H2,1-6H3. The average molecular weight is 572 g/mol. The number of ether oxygens (including phenoxy) is 1. The van der Waals surface area contributed by atoms with Gasteiger partial charge < -0.3 is 0 Å². The third-order valence-corrected chi connectivity index (χ3v) is 11.2. The third kappa shape index (κ3) is 5.40. The van der Waals surface area contributed by atoms with Gasteiger partial charge in [0.25, 0.3) is 0 Å². The molecular formula is C23H31ClIN5O2. The molecule has 2 aromatic rings. The van der Waals surface area contributed by atoms with Crippen molar-refractivity contribution in [1.29, 1.82) is 0 Å². The number of amides is 2. The van der Waals surface area contributed by atoms with Crippen molar-refractivity contribution in [2.24, 2.45) is 4.99 Å². The van der Waals surface area contributed by atoms with Gasteiger partial charge in [0.2, 0.25) is 0 Å². The molecule has 3 rings (SSSR count). The van der Waals surface area contributed by atoms with E-state index in [4.69, 9.17) is 16.3 Å². The number of carbonyl (C=O) groups excluding carboxylic acids is 1. The van der Waals surface area contributed by atoms with Gasteiger partial charge in [-0.15, -0.1) is 0 Å². The van der Waals surface area contributed by atoms with E-state index in [-0.39, 0.29) is 6.03 Å². The topological polar surface area (TPSA) is 51.6 Å². The Bertz CT molecular complexity index is 971. The zero-order valence-corrected chi connectivity index (χ0v) is 22.4. The Kier molecular flexibility index (Phi) is 8.10. The van der Waals surface area contributed by atoms with Crippen LogP contribution in [0.15, 0.2) is 47.5 Å². The Labute approximate surface area is 203 Å². The molecule has 0 saturated carbocycles. The molecule has 0 radical (unpaired) electrons. The van der Waals surface area contributed by atoms with Crippen LogP contribution in [0.25, 0.3) is 0 Å². The van der Waals surface area contributed by atoms with Crippen molar-refractivity contribution >= 4 is 43.4 Å². The summed E-state index contributed by atoms with van der Waals surface area (Å²) in [6.07, 6.45) is 0. The van der Waals surface area contributed by atoms with Crippen molar-refractivity contribution < 1.29 is 9.53 Å². The SMILES string of the molecule is CN=C(N(C)Cc1ccc(Cl)c(I(C)c2ccc(OC)cc2)c1)N1CN(C)C(=O)N(C)C1. The summed E-state index contributed by atoms with van der Waals surface area (Å²) in [7, 11) is 9.10. The van der Waals surface area contributed by atoms with E-state index in [0.717, 1.165) is 16.7 Å². The maximum absolute atomic E-state index is 12.1. The minimum atomic E-state index is -1.65. The van der Waals surface area contributed by atoms with Crippen LogP contribution in [0.3, 0.4) is 0 Å². The number of guanidine groups is 1. The molecule has 1 saturated heterocycles. The van der Waals surface area contributed by atoms with Crippen LogP contribution in [-0.2, 0) is 6.54 Å². The molecule has 0 aliphatic carbocycles. The summed E-state index contributed by atoms with van der Waals surface area (Å²) in [4.78, 5) is 26.5. The van der Waals surface area contributed by atoms with Gasteiger partial charge >= 0.3 is 204 Å². The number of carbonyl (C=O) groups is 1. The van der Waals surface area contributed by atoms with E-state index < -0.39 is 19.8 Å². The summed E-state index contributed by atoms with van der Waals surface area (Å²) >= 11 is 4.97. The van der Waals surface area contributed by atoms with Crippen LogP contribution >= 0.6 is 31.4 Å². The molecule has 2 amide bonds. The summed E-state index contributed by atoms with van der Waals surface area (Å²) in [5.74, 6) is 1.70. The molecule has 0 unspecified atom stereocenters. The number of halogens is 2. The van der Waals surface area contributed by atoms with Gasteiger partial charge in [-0.3, -0.25) is 0 Å². The molecule has 0 atom stereocenters. The molecule has 0 aromatic heterocycles. The molecule has 2 aromatic carbocycles. The zero-order valence-electron chi connectivity index (χ0n) is 19.5. The quantitative estimate of drug-likeness (QED) is 0.234. The molecule has 32 heavy (non-hydrogen) atoms. The summed E-state index contributed by atoms with van der Waals surface area (Å²) in [5.41, 5.74) is 1.18. The van der Waals surface area contributed by atoms with Crippen LogP contribution in [0, 0.1) is 7.14 Å². The summed E-state index contributed by atoms with van der Waals surface area (Å²) in [5, 5.41) is 0.821. The van der Waals surface area contributed by atoms with Crippen molar-refractivity contribution in [1.82, 2.24) is 19.6 Å². The first kappa shape index (κ1) is 24.4. The Hall–Kier alpha value is -2.20. The van der Waals surface area contributed by atoms with Gasteiger partial charge in [-0.05, 0) is 0 Å². The first-order valence-electron chi connectivity index (χ1n) is 10.2.